The first-order valence-electron chi connectivity index (χ1n) is 11.2. The van der Waals surface area contributed by atoms with Gasteiger partial charge < -0.3 is 5.11 Å². The Morgan fingerprint density at radius 3 is 1.48 bits per heavy atom. The molecule has 3 heteroatoms. The van der Waals surface area contributed by atoms with Gasteiger partial charge in [-0.3, -0.25) is 4.79 Å². The van der Waals surface area contributed by atoms with Crippen LogP contribution in [0.5, 0.6) is 0 Å². The summed E-state index contributed by atoms with van der Waals surface area (Å²) in [5.41, 5.74) is 0. The highest BCUT2D eigenvalue weighted by Gasteiger charge is 1.90. The third-order valence-corrected chi connectivity index (χ3v) is 4.42. The third-order valence-electron chi connectivity index (χ3n) is 4.42. The van der Waals surface area contributed by atoms with Crippen LogP contribution in [-0.4, -0.2) is 17.4 Å². The first-order valence-corrected chi connectivity index (χ1v) is 11.2. The second-order valence-electron chi connectivity index (χ2n) is 7.12. The van der Waals surface area contributed by atoms with Gasteiger partial charge in [-0.15, -0.1) is 0 Å². The smallest absolute Gasteiger partial charge is 0.327 e. The fraction of sp³-hybridized carbons (Fsp3) is 0.750. The molecule has 0 aliphatic heterocycles. The van der Waals surface area contributed by atoms with Crippen LogP contribution in [0, 0.1) is 0 Å². The lowest BCUT2D eigenvalue weighted by Crippen LogP contribution is -1.85. The Kier molecular flexibility index (Phi) is 27.7. The molecule has 158 valence electrons. The van der Waals surface area contributed by atoms with Crippen molar-refractivity contribution in [2.75, 3.05) is 0 Å². The molecule has 0 atom stereocenters. The monoisotopic (exact) mass is 380 g/mol. The van der Waals surface area contributed by atoms with E-state index in [0.29, 0.717) is 0 Å². The zero-order valence-corrected chi connectivity index (χ0v) is 18.0. The van der Waals surface area contributed by atoms with E-state index >= 15 is 0 Å². The molecular weight excluding hydrogens is 336 g/mol. The maximum atomic E-state index is 10.1. The van der Waals surface area contributed by atoms with Crippen LogP contribution in [0.3, 0.4) is 0 Å². The number of carbonyl (C=O) groups is 2. The lowest BCUT2D eigenvalue weighted by Gasteiger charge is -1.99. The minimum Gasteiger partial charge on any atom is -0.478 e. The minimum absolute atomic E-state index is 0.842. The fourth-order valence-electron chi connectivity index (χ4n) is 2.77. The summed E-state index contributed by atoms with van der Waals surface area (Å²) in [5.74, 6) is -0.842. The Hall–Kier alpha value is -1.38. The normalized spacial score (nSPS) is 10.9. The van der Waals surface area contributed by atoms with Gasteiger partial charge in [-0.05, 0) is 31.8 Å². The third kappa shape index (κ3) is 32.7. The Labute approximate surface area is 168 Å². The molecule has 27 heavy (non-hydrogen) atoms. The van der Waals surface area contributed by atoms with E-state index in [1.54, 1.807) is 12.2 Å². The number of carbonyl (C=O) groups excluding carboxylic acids is 1. The van der Waals surface area contributed by atoms with E-state index in [9.17, 15) is 9.59 Å². The Morgan fingerprint density at radius 2 is 1.07 bits per heavy atom. The van der Waals surface area contributed by atoms with Crippen LogP contribution in [0.1, 0.15) is 117 Å². The van der Waals surface area contributed by atoms with Crippen molar-refractivity contribution in [1.82, 2.24) is 0 Å². The summed E-state index contributed by atoms with van der Waals surface area (Å²) in [4.78, 5) is 20.0. The van der Waals surface area contributed by atoms with Gasteiger partial charge in [-0.1, -0.05) is 103 Å². The van der Waals surface area contributed by atoms with Gasteiger partial charge in [0.2, 0.25) is 0 Å². The number of aldehydes is 1. The number of allylic oxidation sites excluding steroid dienone is 3. The molecule has 0 bridgehead atoms. The number of carboxylic acid groups (broad SMARTS) is 1. The molecule has 0 aromatic rings. The molecule has 0 radical (unpaired) electrons. The van der Waals surface area contributed by atoms with Crippen molar-refractivity contribution in [3.8, 4) is 0 Å². The molecule has 0 aliphatic rings. The Bertz CT molecular complexity index is 359. The van der Waals surface area contributed by atoms with E-state index in [-0.39, 0.29) is 0 Å². The number of unbranched alkanes of at least 4 members (excludes halogenated alkanes) is 14. The van der Waals surface area contributed by atoms with Crippen molar-refractivity contribution in [3.63, 3.8) is 0 Å². The Balaban J connectivity index is 0. The molecule has 0 heterocycles. The standard InChI is InChI=1S/C13H24O.C11H20O2/c1-2-3-4-5-6-7-8-9-10-11-12-13-14;1-2-3-4-5-6-7-8-9-10-11(12)13/h11-13H,2-10H2,1H3;9-10H,2-8H2,1H3,(H,12,13). The van der Waals surface area contributed by atoms with Gasteiger partial charge >= 0.3 is 5.97 Å². The number of carboxylic acids is 1. The second kappa shape index (κ2) is 26.8. The first-order chi connectivity index (χ1) is 13.2. The lowest BCUT2D eigenvalue weighted by molar-refractivity contribution is -0.131. The Morgan fingerprint density at radius 1 is 0.667 bits per heavy atom. The van der Waals surface area contributed by atoms with Gasteiger partial charge in [0.1, 0.15) is 6.29 Å². The molecule has 0 spiro atoms. The molecule has 0 fully saturated rings. The quantitative estimate of drug-likeness (QED) is 0.151. The van der Waals surface area contributed by atoms with Crippen molar-refractivity contribution >= 4 is 12.3 Å². The molecule has 0 saturated carbocycles. The zero-order valence-electron chi connectivity index (χ0n) is 18.0. The highest BCUT2D eigenvalue weighted by Crippen LogP contribution is 2.09. The van der Waals surface area contributed by atoms with Crippen LogP contribution >= 0.6 is 0 Å². The largest absolute Gasteiger partial charge is 0.478 e. The highest BCUT2D eigenvalue weighted by molar-refractivity contribution is 5.79. The molecule has 0 aromatic heterocycles. The van der Waals surface area contributed by atoms with Crippen LogP contribution in [0.2, 0.25) is 0 Å². The van der Waals surface area contributed by atoms with Crippen LogP contribution in [0.25, 0.3) is 0 Å². The molecule has 0 unspecified atom stereocenters. The molecule has 0 rings (SSSR count). The number of aliphatic carboxylic acids is 1. The summed E-state index contributed by atoms with van der Waals surface area (Å²) in [6.45, 7) is 4.45. The van der Waals surface area contributed by atoms with Crippen LogP contribution in [0.15, 0.2) is 24.3 Å². The van der Waals surface area contributed by atoms with Crippen LogP contribution < -0.4 is 0 Å². The number of hydrogen-bond acceptors (Lipinski definition) is 2. The average Bonchev–Trinajstić information content (AvgIpc) is 2.66. The van der Waals surface area contributed by atoms with Crippen molar-refractivity contribution < 1.29 is 14.7 Å². The van der Waals surface area contributed by atoms with E-state index < -0.39 is 5.97 Å². The van der Waals surface area contributed by atoms with Crippen LogP contribution in [-0.2, 0) is 9.59 Å². The van der Waals surface area contributed by atoms with E-state index in [1.165, 1.54) is 89.5 Å². The summed E-state index contributed by atoms with van der Waals surface area (Å²) in [6, 6.07) is 0. The minimum atomic E-state index is -0.842. The highest BCUT2D eigenvalue weighted by atomic mass is 16.4. The van der Waals surface area contributed by atoms with Gasteiger partial charge in [0, 0.05) is 6.08 Å². The van der Waals surface area contributed by atoms with Crippen molar-refractivity contribution in [2.24, 2.45) is 0 Å². The van der Waals surface area contributed by atoms with Gasteiger partial charge in [0.15, 0.2) is 0 Å². The van der Waals surface area contributed by atoms with Crippen molar-refractivity contribution in [1.29, 1.82) is 0 Å². The molecule has 0 amide bonds. The summed E-state index contributed by atoms with van der Waals surface area (Å²) >= 11 is 0. The van der Waals surface area contributed by atoms with Gasteiger partial charge in [-0.2, -0.15) is 0 Å². The lowest BCUT2D eigenvalue weighted by atomic mass is 10.1. The van der Waals surface area contributed by atoms with E-state index in [1.807, 2.05) is 6.08 Å². The number of rotatable bonds is 18. The summed E-state index contributed by atoms with van der Waals surface area (Å²) in [7, 11) is 0. The molecule has 3 nitrogen and oxygen atoms in total. The van der Waals surface area contributed by atoms with Gasteiger partial charge in [-0.25, -0.2) is 4.79 Å². The topological polar surface area (TPSA) is 54.4 Å². The predicted octanol–water partition coefficient (Wildman–Crippen LogP) is 7.65. The van der Waals surface area contributed by atoms with E-state index in [0.717, 1.165) is 25.5 Å². The summed E-state index contributed by atoms with van der Waals surface area (Å²) in [6.07, 6.45) is 27.7. The van der Waals surface area contributed by atoms with Gasteiger partial charge in [0.25, 0.3) is 0 Å². The predicted molar refractivity (Wildman–Crippen MR) is 117 cm³/mol. The molecule has 0 aliphatic carbocycles. The van der Waals surface area contributed by atoms with Gasteiger partial charge in [0.05, 0.1) is 0 Å². The SMILES string of the molecule is CCCCCCCCC=CC(=O)O.CCCCCCCCCCC=CC=O. The summed E-state index contributed by atoms with van der Waals surface area (Å²) < 4.78 is 0. The average molecular weight is 381 g/mol. The molecular formula is C24H44O3. The zero-order chi connectivity index (χ0) is 20.4. The maximum Gasteiger partial charge on any atom is 0.327 e. The van der Waals surface area contributed by atoms with Crippen molar-refractivity contribution in [2.45, 2.75) is 117 Å². The fourth-order valence-corrected chi connectivity index (χ4v) is 2.77. The van der Waals surface area contributed by atoms with Crippen molar-refractivity contribution in [3.05, 3.63) is 24.3 Å². The second-order valence-corrected chi connectivity index (χ2v) is 7.12. The summed E-state index contributed by atoms with van der Waals surface area (Å²) in [5, 5.41) is 8.30. The molecule has 0 saturated heterocycles. The number of hydrogen-bond donors (Lipinski definition) is 1. The van der Waals surface area contributed by atoms with E-state index in [2.05, 4.69) is 13.8 Å². The van der Waals surface area contributed by atoms with Crippen LogP contribution in [0.4, 0.5) is 0 Å². The molecule has 1 N–H and O–H groups in total. The maximum absolute atomic E-state index is 10.1. The molecule has 0 aromatic carbocycles. The first kappa shape index (κ1) is 27.8. The van der Waals surface area contributed by atoms with E-state index in [4.69, 9.17) is 5.11 Å².